The predicted octanol–water partition coefficient (Wildman–Crippen LogP) is 18.8. The highest BCUT2D eigenvalue weighted by atomic mass is 31.2. The molecule has 0 saturated heterocycles. The van der Waals surface area contributed by atoms with E-state index in [0.29, 0.717) is 19.3 Å². The van der Waals surface area contributed by atoms with Crippen LogP contribution in [0.3, 0.4) is 0 Å². The van der Waals surface area contributed by atoms with Crippen LogP contribution in [0.2, 0.25) is 0 Å². The first-order valence-corrected chi connectivity index (χ1v) is 32.6. The standard InChI is InChI=1S/C66H113O11P/c1-4-7-10-13-16-19-22-25-28-30-31-33-36-39-42-45-48-51-54-57-66(70)77-63(59-73-64(68)55-52-49-46-43-40-37-35-32-29-26-23-20-17-14-11-8-5-2)61-75-78(71,72)74-60-62(58-67)76-65(69)56-53-50-47-44-41-38-34-27-24-21-18-15-12-9-6-3/h9,12,16-21,25-29,31,33-34,62-63,67H,4-8,10-11,13-15,22-24,30,32,35-61H2,1-3H3,(H,71,72)/b12-9-,19-16-,20-17-,21-18-,28-25-,29-26-,33-31-,34-27-. The summed E-state index contributed by atoms with van der Waals surface area (Å²) in [6, 6.07) is 0. The van der Waals surface area contributed by atoms with Gasteiger partial charge in [0.05, 0.1) is 19.8 Å². The molecule has 448 valence electrons. The molecule has 0 aliphatic carbocycles. The Balaban J connectivity index is 4.77. The summed E-state index contributed by atoms with van der Waals surface area (Å²) in [6.45, 7) is 4.45. The summed E-state index contributed by atoms with van der Waals surface area (Å²) in [6.07, 6.45) is 70.6. The number of phosphoric acid groups is 1. The van der Waals surface area contributed by atoms with Crippen molar-refractivity contribution in [1.29, 1.82) is 0 Å². The van der Waals surface area contributed by atoms with Crippen LogP contribution in [0.1, 0.15) is 265 Å². The van der Waals surface area contributed by atoms with Gasteiger partial charge in [-0.05, 0) is 122 Å². The Morgan fingerprint density at radius 2 is 0.667 bits per heavy atom. The molecule has 3 unspecified atom stereocenters. The van der Waals surface area contributed by atoms with Gasteiger partial charge in [0.25, 0.3) is 0 Å². The second-order valence-corrected chi connectivity index (χ2v) is 21.9. The van der Waals surface area contributed by atoms with Gasteiger partial charge in [-0.3, -0.25) is 23.4 Å². The van der Waals surface area contributed by atoms with E-state index in [1.807, 2.05) is 0 Å². The largest absolute Gasteiger partial charge is 0.472 e. The molecule has 0 aromatic heterocycles. The van der Waals surface area contributed by atoms with E-state index in [9.17, 15) is 28.9 Å². The molecule has 11 nitrogen and oxygen atoms in total. The summed E-state index contributed by atoms with van der Waals surface area (Å²) in [5.74, 6) is -1.51. The molecular formula is C66H113O11P. The number of rotatable bonds is 57. The molecule has 0 rings (SSSR count). The fraction of sp³-hybridized carbons (Fsp3) is 0.712. The number of hydrogen-bond donors (Lipinski definition) is 2. The SMILES string of the molecule is CC/C=C\C/C=C\C/C=C\CCCCCCCC(=O)OC(CO)COP(=O)(O)OCC(COC(=O)CCCCCCCCC/C=C\C/C=C\CCCCC)OC(=O)CCCCCCCC/C=C\C/C=C\C/C=C\CCCCC. The summed E-state index contributed by atoms with van der Waals surface area (Å²) in [5.41, 5.74) is 0. The average Bonchev–Trinajstić information content (AvgIpc) is 3.43. The summed E-state index contributed by atoms with van der Waals surface area (Å²) >= 11 is 0. The maximum atomic E-state index is 12.9. The number of aliphatic hydroxyl groups is 1. The molecule has 0 amide bonds. The fourth-order valence-electron chi connectivity index (χ4n) is 8.23. The van der Waals surface area contributed by atoms with Gasteiger partial charge < -0.3 is 24.2 Å². The van der Waals surface area contributed by atoms with Crippen molar-refractivity contribution in [2.45, 2.75) is 277 Å². The smallest absolute Gasteiger partial charge is 0.462 e. The first-order valence-electron chi connectivity index (χ1n) is 31.1. The normalized spacial score (nSPS) is 14.0. The second kappa shape index (κ2) is 59.5. The molecule has 12 heteroatoms. The van der Waals surface area contributed by atoms with Crippen molar-refractivity contribution in [1.82, 2.24) is 0 Å². The fourth-order valence-corrected chi connectivity index (χ4v) is 9.01. The number of allylic oxidation sites excluding steroid dienone is 16. The van der Waals surface area contributed by atoms with E-state index < -0.39 is 57.8 Å². The van der Waals surface area contributed by atoms with Gasteiger partial charge in [0.15, 0.2) is 6.10 Å². The van der Waals surface area contributed by atoms with Crippen LogP contribution in [0.25, 0.3) is 0 Å². The minimum absolute atomic E-state index is 0.146. The van der Waals surface area contributed by atoms with Gasteiger partial charge in [-0.1, -0.05) is 221 Å². The zero-order valence-corrected chi connectivity index (χ0v) is 50.5. The monoisotopic (exact) mass is 1110 g/mol. The highest BCUT2D eigenvalue weighted by molar-refractivity contribution is 7.47. The van der Waals surface area contributed by atoms with Crippen LogP contribution < -0.4 is 0 Å². The van der Waals surface area contributed by atoms with Crippen molar-refractivity contribution < 1.29 is 52.2 Å². The van der Waals surface area contributed by atoms with Crippen molar-refractivity contribution in [3.8, 4) is 0 Å². The van der Waals surface area contributed by atoms with Crippen LogP contribution in [0.4, 0.5) is 0 Å². The summed E-state index contributed by atoms with van der Waals surface area (Å²) in [7, 11) is -4.77. The molecule has 0 aliphatic heterocycles. The van der Waals surface area contributed by atoms with E-state index in [1.54, 1.807) is 0 Å². The molecule has 0 aromatic carbocycles. The summed E-state index contributed by atoms with van der Waals surface area (Å²) in [4.78, 5) is 48.7. The van der Waals surface area contributed by atoms with Crippen LogP contribution in [-0.4, -0.2) is 66.5 Å². The highest BCUT2D eigenvalue weighted by Crippen LogP contribution is 2.43. The average molecular weight is 1110 g/mol. The van der Waals surface area contributed by atoms with Crippen molar-refractivity contribution in [3.63, 3.8) is 0 Å². The van der Waals surface area contributed by atoms with E-state index in [1.165, 1.54) is 64.2 Å². The quantitative estimate of drug-likeness (QED) is 0.0197. The van der Waals surface area contributed by atoms with Gasteiger partial charge in [0.1, 0.15) is 12.7 Å². The number of carbonyl (C=O) groups excluding carboxylic acids is 3. The third kappa shape index (κ3) is 57.1. The Labute approximate surface area is 476 Å². The molecular weight excluding hydrogens is 1000 g/mol. The highest BCUT2D eigenvalue weighted by Gasteiger charge is 2.28. The predicted molar refractivity (Wildman–Crippen MR) is 325 cm³/mol. The minimum Gasteiger partial charge on any atom is -0.462 e. The first kappa shape index (κ1) is 74.4. The molecule has 0 bridgehead atoms. The number of ether oxygens (including phenoxy) is 3. The molecule has 0 radical (unpaired) electrons. The Kier molecular flexibility index (Phi) is 56.8. The zero-order valence-electron chi connectivity index (χ0n) is 49.6. The van der Waals surface area contributed by atoms with Gasteiger partial charge in [-0.25, -0.2) is 4.57 Å². The zero-order chi connectivity index (χ0) is 56.9. The third-order valence-corrected chi connectivity index (χ3v) is 13.9. The summed E-state index contributed by atoms with van der Waals surface area (Å²) < 4.78 is 39.6. The van der Waals surface area contributed by atoms with Crippen molar-refractivity contribution in [3.05, 3.63) is 97.2 Å². The Morgan fingerprint density at radius 1 is 0.372 bits per heavy atom. The van der Waals surface area contributed by atoms with E-state index >= 15 is 0 Å². The van der Waals surface area contributed by atoms with E-state index in [4.69, 9.17) is 23.3 Å². The molecule has 0 spiro atoms. The topological polar surface area (TPSA) is 155 Å². The number of unbranched alkanes of at least 4 members (excludes halogenated alkanes) is 24. The van der Waals surface area contributed by atoms with Crippen molar-refractivity contribution in [2.75, 3.05) is 26.4 Å². The maximum Gasteiger partial charge on any atom is 0.472 e. The van der Waals surface area contributed by atoms with Crippen molar-refractivity contribution in [2.24, 2.45) is 0 Å². The van der Waals surface area contributed by atoms with Crippen molar-refractivity contribution >= 4 is 25.7 Å². The van der Waals surface area contributed by atoms with Crippen LogP contribution in [-0.2, 0) is 42.2 Å². The van der Waals surface area contributed by atoms with Crippen LogP contribution in [0, 0.1) is 0 Å². The Bertz CT molecular complexity index is 1680. The molecule has 0 heterocycles. The third-order valence-electron chi connectivity index (χ3n) is 13.0. The van der Waals surface area contributed by atoms with Gasteiger partial charge >= 0.3 is 25.7 Å². The van der Waals surface area contributed by atoms with Crippen LogP contribution >= 0.6 is 7.82 Å². The Morgan fingerprint density at radius 3 is 1.03 bits per heavy atom. The summed E-state index contributed by atoms with van der Waals surface area (Å²) in [5, 5.41) is 9.84. The van der Waals surface area contributed by atoms with Gasteiger partial charge in [-0.15, -0.1) is 0 Å². The molecule has 2 N–H and O–H groups in total. The van der Waals surface area contributed by atoms with E-state index in [-0.39, 0.29) is 25.9 Å². The van der Waals surface area contributed by atoms with Crippen LogP contribution in [0.15, 0.2) is 97.2 Å². The van der Waals surface area contributed by atoms with Crippen LogP contribution in [0.5, 0.6) is 0 Å². The number of esters is 3. The molecule has 0 aromatic rings. The lowest BCUT2D eigenvalue weighted by Crippen LogP contribution is -2.30. The van der Waals surface area contributed by atoms with E-state index in [2.05, 4.69) is 118 Å². The van der Waals surface area contributed by atoms with E-state index in [0.717, 1.165) is 141 Å². The van der Waals surface area contributed by atoms with Gasteiger partial charge in [-0.2, -0.15) is 0 Å². The first-order chi connectivity index (χ1) is 38.2. The number of phosphoric ester groups is 1. The lowest BCUT2D eigenvalue weighted by atomic mass is 10.1. The number of aliphatic hydroxyl groups excluding tert-OH is 1. The minimum atomic E-state index is -4.77. The lowest BCUT2D eigenvalue weighted by Gasteiger charge is -2.21. The van der Waals surface area contributed by atoms with Gasteiger partial charge in [0, 0.05) is 19.3 Å². The maximum absolute atomic E-state index is 12.9. The Hall–Kier alpha value is -3.60. The molecule has 3 atom stereocenters. The molecule has 0 saturated carbocycles. The second-order valence-electron chi connectivity index (χ2n) is 20.5. The number of carbonyl (C=O) groups is 3. The molecule has 78 heavy (non-hydrogen) atoms. The number of hydrogen-bond acceptors (Lipinski definition) is 10. The molecule has 0 fully saturated rings. The molecule has 0 aliphatic rings. The lowest BCUT2D eigenvalue weighted by molar-refractivity contribution is -0.161. The van der Waals surface area contributed by atoms with Gasteiger partial charge in [0.2, 0.25) is 0 Å².